The van der Waals surface area contributed by atoms with Crippen molar-refractivity contribution in [2.24, 2.45) is 0 Å². The maximum Gasteiger partial charge on any atom is 0.123 e. The molecule has 0 bridgehead atoms. The molecule has 0 aliphatic heterocycles. The monoisotopic (exact) mass is 616 g/mol. The lowest BCUT2D eigenvalue weighted by molar-refractivity contribution is 0.394. The van der Waals surface area contributed by atoms with Gasteiger partial charge >= 0.3 is 0 Å². The largest absolute Gasteiger partial charge is 0.497 e. The van der Waals surface area contributed by atoms with Gasteiger partial charge in [0.25, 0.3) is 0 Å². The first kappa shape index (κ1) is 30.8. The molecule has 2 aliphatic carbocycles. The molecule has 4 aromatic rings. The number of methoxy groups -OCH3 is 4. The Kier molecular flexibility index (Phi) is 8.40. The Morgan fingerprint density at radius 3 is 1.18 bits per heavy atom. The standard InChI is InChI=1S/C40H44O4Si/c1-25(2)45(26(3)4,35-19-27-11-9-13-37(39(27)23-35)29-15-31(41-5)21-32(16-29)42-6)36-20-28-12-10-14-38(40(28)24-36)30-17-33(43-7)22-34(18-30)44-8/h9-18,21-26H,19-20H2,1-8H3. The molecule has 45 heavy (non-hydrogen) atoms. The van der Waals surface area contributed by atoms with Gasteiger partial charge in [0.1, 0.15) is 31.1 Å². The minimum absolute atomic E-state index is 0.541. The van der Waals surface area contributed by atoms with Crippen molar-refractivity contribution in [2.45, 2.75) is 51.6 Å². The highest BCUT2D eigenvalue weighted by atomic mass is 28.3. The molecule has 0 saturated carbocycles. The lowest BCUT2D eigenvalue weighted by atomic mass is 9.97. The fourth-order valence-electron chi connectivity index (χ4n) is 8.05. The maximum absolute atomic E-state index is 5.63. The Balaban J connectivity index is 1.48. The molecule has 0 aromatic heterocycles. The third-order valence-corrected chi connectivity index (χ3v) is 16.4. The number of fused-ring (bicyclic) bond motifs is 2. The van der Waals surface area contributed by atoms with Crippen LogP contribution in [0.3, 0.4) is 0 Å². The van der Waals surface area contributed by atoms with Crippen molar-refractivity contribution in [1.29, 1.82) is 0 Å². The van der Waals surface area contributed by atoms with E-state index in [4.69, 9.17) is 18.9 Å². The molecule has 0 fully saturated rings. The zero-order valence-corrected chi connectivity index (χ0v) is 28.8. The van der Waals surface area contributed by atoms with Crippen LogP contribution in [0, 0.1) is 0 Å². The van der Waals surface area contributed by atoms with Crippen LogP contribution in [0.4, 0.5) is 0 Å². The van der Waals surface area contributed by atoms with Crippen LogP contribution in [0.25, 0.3) is 34.4 Å². The second-order valence-corrected chi connectivity index (χ2v) is 18.2. The molecule has 0 atom stereocenters. The SMILES string of the molecule is COc1cc(OC)cc(-c2cccc3c2C=C([Si](C2=Cc4c(cccc4-c4cc(OC)cc(OC)c4)C2)(C(C)C)C(C)C)C3)c1. The van der Waals surface area contributed by atoms with E-state index in [-0.39, 0.29) is 0 Å². The molecule has 0 unspecified atom stereocenters. The summed E-state index contributed by atoms with van der Waals surface area (Å²) in [5, 5.41) is 3.27. The van der Waals surface area contributed by atoms with Crippen LogP contribution in [0.15, 0.2) is 83.2 Å². The number of allylic oxidation sites excluding steroid dienone is 2. The van der Waals surface area contributed by atoms with Gasteiger partial charge in [-0.25, -0.2) is 0 Å². The summed E-state index contributed by atoms with van der Waals surface area (Å²) in [5.74, 6) is 3.21. The van der Waals surface area contributed by atoms with Crippen LogP contribution in [-0.2, 0) is 12.8 Å². The van der Waals surface area contributed by atoms with Gasteiger partial charge in [0.05, 0.1) is 28.4 Å². The molecule has 0 amide bonds. The summed E-state index contributed by atoms with van der Waals surface area (Å²) in [6.45, 7) is 9.84. The molecule has 2 aliphatic rings. The Morgan fingerprint density at radius 2 is 0.867 bits per heavy atom. The molecular weight excluding hydrogens is 573 g/mol. The first-order valence-corrected chi connectivity index (χ1v) is 18.0. The zero-order chi connectivity index (χ0) is 31.9. The van der Waals surface area contributed by atoms with Gasteiger partial charge < -0.3 is 18.9 Å². The van der Waals surface area contributed by atoms with Crippen molar-refractivity contribution in [3.8, 4) is 45.3 Å². The fourth-order valence-corrected chi connectivity index (χ4v) is 14.5. The van der Waals surface area contributed by atoms with E-state index in [2.05, 4.69) is 101 Å². The third kappa shape index (κ3) is 5.27. The van der Waals surface area contributed by atoms with Crippen LogP contribution in [0.1, 0.15) is 49.9 Å². The average Bonchev–Trinajstić information content (AvgIpc) is 3.69. The molecule has 0 spiro atoms. The summed E-state index contributed by atoms with van der Waals surface area (Å²) in [4.78, 5) is 0. The molecule has 0 radical (unpaired) electrons. The molecule has 4 nitrogen and oxygen atoms in total. The summed E-state index contributed by atoms with van der Waals surface area (Å²) in [6.07, 6.45) is 7.11. The minimum Gasteiger partial charge on any atom is -0.497 e. The van der Waals surface area contributed by atoms with Crippen LogP contribution in [0.5, 0.6) is 23.0 Å². The quantitative estimate of drug-likeness (QED) is 0.166. The summed E-state index contributed by atoms with van der Waals surface area (Å²) in [5.41, 5.74) is 11.3. The minimum atomic E-state index is -2.18. The second-order valence-electron chi connectivity index (χ2n) is 12.8. The zero-order valence-electron chi connectivity index (χ0n) is 27.8. The summed E-state index contributed by atoms with van der Waals surface area (Å²) >= 11 is 0. The van der Waals surface area contributed by atoms with Crippen molar-refractivity contribution in [3.05, 3.63) is 105 Å². The Morgan fingerprint density at radius 1 is 0.511 bits per heavy atom. The van der Waals surface area contributed by atoms with Crippen molar-refractivity contribution in [1.82, 2.24) is 0 Å². The average molecular weight is 617 g/mol. The molecular formula is C40H44O4Si. The molecule has 6 rings (SSSR count). The van der Waals surface area contributed by atoms with Gasteiger partial charge in [0, 0.05) is 12.1 Å². The van der Waals surface area contributed by atoms with E-state index in [0.717, 1.165) is 47.0 Å². The second kappa shape index (κ2) is 12.3. The Hall–Kier alpha value is -4.22. The fraction of sp³-hybridized carbons (Fsp3) is 0.300. The lowest BCUT2D eigenvalue weighted by Crippen LogP contribution is -2.46. The molecule has 0 N–H and O–H groups in total. The van der Waals surface area contributed by atoms with Gasteiger partial charge in [-0.15, -0.1) is 0 Å². The van der Waals surface area contributed by atoms with E-state index in [9.17, 15) is 0 Å². The predicted molar refractivity (Wildman–Crippen MR) is 189 cm³/mol. The highest BCUT2D eigenvalue weighted by Gasteiger charge is 2.48. The van der Waals surface area contributed by atoms with Crippen molar-refractivity contribution < 1.29 is 18.9 Å². The molecule has 0 heterocycles. The van der Waals surface area contributed by atoms with E-state index in [1.807, 2.05) is 12.1 Å². The lowest BCUT2D eigenvalue weighted by Gasteiger charge is -2.42. The van der Waals surface area contributed by atoms with E-state index >= 15 is 0 Å². The highest BCUT2D eigenvalue weighted by molar-refractivity contribution is 6.96. The van der Waals surface area contributed by atoms with Gasteiger partial charge in [0.2, 0.25) is 0 Å². The van der Waals surface area contributed by atoms with Crippen LogP contribution in [-0.4, -0.2) is 36.5 Å². The molecule has 0 saturated heterocycles. The topological polar surface area (TPSA) is 36.9 Å². The number of benzene rings is 4. The number of hydrogen-bond acceptors (Lipinski definition) is 4. The van der Waals surface area contributed by atoms with E-state index in [0.29, 0.717) is 11.1 Å². The van der Waals surface area contributed by atoms with E-state index in [1.54, 1.807) is 38.8 Å². The number of ether oxygens (including phenoxy) is 4. The first-order chi connectivity index (χ1) is 21.7. The molecule has 5 heteroatoms. The number of hydrogen-bond donors (Lipinski definition) is 0. The summed E-state index contributed by atoms with van der Waals surface area (Å²) < 4.78 is 22.5. The van der Waals surface area contributed by atoms with Crippen LogP contribution >= 0.6 is 0 Å². The third-order valence-electron chi connectivity index (χ3n) is 10.0. The summed E-state index contributed by atoms with van der Waals surface area (Å²) in [6, 6.07) is 25.8. The molecule has 232 valence electrons. The van der Waals surface area contributed by atoms with E-state index < -0.39 is 8.07 Å². The molecule has 4 aromatic carbocycles. The van der Waals surface area contributed by atoms with Crippen molar-refractivity contribution in [3.63, 3.8) is 0 Å². The Labute approximate surface area is 269 Å². The number of rotatable bonds is 10. The van der Waals surface area contributed by atoms with E-state index in [1.165, 1.54) is 33.4 Å². The van der Waals surface area contributed by atoms with Gasteiger partial charge in [-0.2, -0.15) is 0 Å². The normalized spacial score (nSPS) is 13.8. The smallest absolute Gasteiger partial charge is 0.123 e. The first-order valence-electron chi connectivity index (χ1n) is 15.9. The Bertz CT molecular complexity index is 1640. The van der Waals surface area contributed by atoms with Crippen LogP contribution in [0.2, 0.25) is 11.1 Å². The van der Waals surface area contributed by atoms with Crippen LogP contribution < -0.4 is 18.9 Å². The van der Waals surface area contributed by atoms with Crippen molar-refractivity contribution in [2.75, 3.05) is 28.4 Å². The maximum atomic E-state index is 5.63. The van der Waals surface area contributed by atoms with Crippen molar-refractivity contribution >= 4 is 20.2 Å². The van der Waals surface area contributed by atoms with Gasteiger partial charge in [-0.1, -0.05) is 86.6 Å². The predicted octanol–water partition coefficient (Wildman–Crippen LogP) is 9.98. The summed E-state index contributed by atoms with van der Waals surface area (Å²) in [7, 11) is 4.66. The van der Waals surface area contributed by atoms with Gasteiger partial charge in [-0.3, -0.25) is 0 Å². The van der Waals surface area contributed by atoms with Gasteiger partial charge in [0.15, 0.2) is 0 Å². The highest BCUT2D eigenvalue weighted by Crippen LogP contribution is 2.52. The van der Waals surface area contributed by atoms with Gasteiger partial charge in [-0.05, 0) is 92.7 Å².